The van der Waals surface area contributed by atoms with Crippen molar-refractivity contribution in [3.8, 4) is 0 Å². The van der Waals surface area contributed by atoms with Crippen LogP contribution in [0.25, 0.3) is 0 Å². The molecule has 2 rings (SSSR count). The Morgan fingerprint density at radius 3 is 2.52 bits per heavy atom. The van der Waals surface area contributed by atoms with Crippen LogP contribution in [-0.4, -0.2) is 17.1 Å². The van der Waals surface area contributed by atoms with Crippen LogP contribution in [0, 0.1) is 5.82 Å². The number of amidine groups is 1. The Hall–Kier alpha value is -3.09. The molecule has 2 aromatic carbocycles. The van der Waals surface area contributed by atoms with Crippen molar-refractivity contribution in [3.05, 3.63) is 59.9 Å². The molecule has 0 unspecified atom stereocenters. The quantitative estimate of drug-likeness (QED) is 0.302. The lowest BCUT2D eigenvalue weighted by Crippen LogP contribution is -2.23. The van der Waals surface area contributed by atoms with Gasteiger partial charge in [0, 0.05) is 11.3 Å². The standard InChI is InChI=1S/C14H13FN4O2/c15-9-6-7-12(11(8-9)13(16)19-21)18-14(20)17-10-4-2-1-3-5-10/h1-8,21H,(H2,16,19)(H2,17,18,20). The van der Waals surface area contributed by atoms with Gasteiger partial charge in [-0.25, -0.2) is 9.18 Å². The van der Waals surface area contributed by atoms with Crippen molar-refractivity contribution in [2.45, 2.75) is 0 Å². The van der Waals surface area contributed by atoms with Gasteiger partial charge in [0.1, 0.15) is 5.82 Å². The Bertz CT molecular complexity index is 674. The molecule has 2 amide bonds. The number of nitrogens with zero attached hydrogens (tertiary/aromatic N) is 1. The zero-order valence-corrected chi connectivity index (χ0v) is 10.9. The highest BCUT2D eigenvalue weighted by molar-refractivity contribution is 6.07. The normalized spacial score (nSPS) is 11.0. The molecule has 0 aliphatic rings. The summed E-state index contributed by atoms with van der Waals surface area (Å²) in [4.78, 5) is 11.9. The Balaban J connectivity index is 2.18. The molecular weight excluding hydrogens is 275 g/mol. The number of halogens is 1. The predicted molar refractivity (Wildman–Crippen MR) is 78.0 cm³/mol. The van der Waals surface area contributed by atoms with Crippen molar-refractivity contribution < 1.29 is 14.4 Å². The van der Waals surface area contributed by atoms with Gasteiger partial charge >= 0.3 is 6.03 Å². The average molecular weight is 288 g/mol. The number of nitrogens with one attached hydrogen (secondary N) is 2. The lowest BCUT2D eigenvalue weighted by Gasteiger charge is -2.11. The zero-order valence-electron chi connectivity index (χ0n) is 10.9. The number of benzene rings is 2. The maximum Gasteiger partial charge on any atom is 0.323 e. The summed E-state index contributed by atoms with van der Waals surface area (Å²) in [6.07, 6.45) is 0. The van der Waals surface area contributed by atoms with E-state index in [9.17, 15) is 9.18 Å². The first kappa shape index (κ1) is 14.3. The van der Waals surface area contributed by atoms with Gasteiger partial charge < -0.3 is 21.6 Å². The second kappa shape index (κ2) is 6.38. The average Bonchev–Trinajstić information content (AvgIpc) is 2.49. The second-order valence-electron chi connectivity index (χ2n) is 4.12. The van der Waals surface area contributed by atoms with Crippen LogP contribution in [0.2, 0.25) is 0 Å². The number of amides is 2. The number of para-hydroxylation sites is 1. The van der Waals surface area contributed by atoms with Crippen LogP contribution < -0.4 is 16.4 Å². The minimum absolute atomic E-state index is 0.0840. The van der Waals surface area contributed by atoms with E-state index in [0.29, 0.717) is 5.69 Å². The summed E-state index contributed by atoms with van der Waals surface area (Å²) in [5.41, 5.74) is 6.36. The number of urea groups is 1. The molecule has 2 aromatic rings. The molecule has 0 fully saturated rings. The van der Waals surface area contributed by atoms with Crippen LogP contribution in [0.3, 0.4) is 0 Å². The van der Waals surface area contributed by atoms with Crippen LogP contribution in [0.15, 0.2) is 53.7 Å². The summed E-state index contributed by atoms with van der Waals surface area (Å²) in [5, 5.41) is 16.6. The second-order valence-corrected chi connectivity index (χ2v) is 4.12. The number of hydrogen-bond donors (Lipinski definition) is 4. The van der Waals surface area contributed by atoms with Gasteiger partial charge in [-0.05, 0) is 30.3 Å². The molecule has 21 heavy (non-hydrogen) atoms. The van der Waals surface area contributed by atoms with Gasteiger partial charge in [-0.1, -0.05) is 23.4 Å². The monoisotopic (exact) mass is 288 g/mol. The molecule has 0 radical (unpaired) electrons. The summed E-state index contributed by atoms with van der Waals surface area (Å²) >= 11 is 0. The Morgan fingerprint density at radius 1 is 1.14 bits per heavy atom. The SMILES string of the molecule is N/C(=N/O)c1cc(F)ccc1NC(=O)Nc1ccccc1. The van der Waals surface area contributed by atoms with Gasteiger partial charge in [0.2, 0.25) is 0 Å². The van der Waals surface area contributed by atoms with Crippen LogP contribution in [0.1, 0.15) is 5.56 Å². The first-order valence-electron chi connectivity index (χ1n) is 6.00. The van der Waals surface area contributed by atoms with Crippen LogP contribution in [-0.2, 0) is 0 Å². The molecule has 7 heteroatoms. The smallest absolute Gasteiger partial charge is 0.323 e. The number of anilines is 2. The van der Waals surface area contributed by atoms with Gasteiger partial charge in [0.15, 0.2) is 5.84 Å². The minimum Gasteiger partial charge on any atom is -0.409 e. The molecule has 6 nitrogen and oxygen atoms in total. The lowest BCUT2D eigenvalue weighted by molar-refractivity contribution is 0.262. The van der Waals surface area contributed by atoms with Crippen molar-refractivity contribution in [1.29, 1.82) is 0 Å². The predicted octanol–water partition coefficient (Wildman–Crippen LogP) is 2.56. The summed E-state index contributed by atoms with van der Waals surface area (Å²) in [6.45, 7) is 0. The molecule has 0 bridgehead atoms. The highest BCUT2D eigenvalue weighted by Crippen LogP contribution is 2.17. The van der Waals surface area contributed by atoms with E-state index >= 15 is 0 Å². The third-order valence-electron chi connectivity index (χ3n) is 2.65. The first-order chi connectivity index (χ1) is 10.1. The van der Waals surface area contributed by atoms with Crippen molar-refractivity contribution >= 4 is 23.2 Å². The third-order valence-corrected chi connectivity index (χ3v) is 2.65. The summed E-state index contributed by atoms with van der Waals surface area (Å²) in [5.74, 6) is -0.866. The molecule has 0 saturated carbocycles. The number of oxime groups is 1. The number of carbonyl (C=O) groups is 1. The van der Waals surface area contributed by atoms with Gasteiger partial charge in [-0.15, -0.1) is 0 Å². The molecule has 5 N–H and O–H groups in total. The summed E-state index contributed by atoms with van der Waals surface area (Å²) in [6, 6.07) is 11.8. The van der Waals surface area contributed by atoms with Crippen molar-refractivity contribution in [2.75, 3.05) is 10.6 Å². The highest BCUT2D eigenvalue weighted by atomic mass is 19.1. The molecule has 0 aliphatic heterocycles. The number of hydrogen-bond acceptors (Lipinski definition) is 3. The van der Waals surface area contributed by atoms with Gasteiger partial charge in [-0.3, -0.25) is 0 Å². The van der Waals surface area contributed by atoms with Crippen LogP contribution in [0.5, 0.6) is 0 Å². The van der Waals surface area contributed by atoms with E-state index in [0.717, 1.165) is 12.1 Å². The fourth-order valence-corrected chi connectivity index (χ4v) is 1.70. The van der Waals surface area contributed by atoms with E-state index in [1.54, 1.807) is 24.3 Å². The lowest BCUT2D eigenvalue weighted by atomic mass is 10.1. The van der Waals surface area contributed by atoms with E-state index < -0.39 is 11.8 Å². The Morgan fingerprint density at radius 2 is 1.86 bits per heavy atom. The fourth-order valence-electron chi connectivity index (χ4n) is 1.70. The van der Waals surface area contributed by atoms with E-state index in [1.165, 1.54) is 6.07 Å². The van der Waals surface area contributed by atoms with Crippen molar-refractivity contribution in [1.82, 2.24) is 0 Å². The number of carbonyl (C=O) groups excluding carboxylic acids is 1. The number of nitrogens with two attached hydrogens (primary N) is 1. The third kappa shape index (κ3) is 3.69. The Kier molecular flexibility index (Phi) is 4.35. The van der Waals surface area contributed by atoms with Crippen molar-refractivity contribution in [2.24, 2.45) is 10.9 Å². The molecule has 0 spiro atoms. The largest absolute Gasteiger partial charge is 0.409 e. The van der Waals surface area contributed by atoms with Gasteiger partial charge in [0.05, 0.1) is 5.69 Å². The van der Waals surface area contributed by atoms with Gasteiger partial charge in [-0.2, -0.15) is 0 Å². The molecule has 0 saturated heterocycles. The highest BCUT2D eigenvalue weighted by Gasteiger charge is 2.11. The molecular formula is C14H13FN4O2. The summed E-state index contributed by atoms with van der Waals surface area (Å²) in [7, 11) is 0. The maximum atomic E-state index is 13.2. The van der Waals surface area contributed by atoms with Crippen molar-refractivity contribution in [3.63, 3.8) is 0 Å². The van der Waals surface area contributed by atoms with E-state index in [4.69, 9.17) is 10.9 Å². The van der Waals surface area contributed by atoms with Gasteiger partial charge in [0.25, 0.3) is 0 Å². The van der Waals surface area contributed by atoms with E-state index in [-0.39, 0.29) is 17.1 Å². The topological polar surface area (TPSA) is 99.7 Å². The molecule has 0 atom stereocenters. The Labute approximate surface area is 120 Å². The van der Waals surface area contributed by atoms with E-state index in [2.05, 4.69) is 15.8 Å². The maximum absolute atomic E-state index is 13.2. The van der Waals surface area contributed by atoms with E-state index in [1.807, 2.05) is 6.07 Å². The van der Waals surface area contributed by atoms with Crippen LogP contribution >= 0.6 is 0 Å². The molecule has 108 valence electrons. The minimum atomic E-state index is -0.564. The fraction of sp³-hybridized carbons (Fsp3) is 0. The molecule has 0 heterocycles. The number of rotatable bonds is 3. The first-order valence-corrected chi connectivity index (χ1v) is 6.00. The van der Waals surface area contributed by atoms with Crippen LogP contribution in [0.4, 0.5) is 20.6 Å². The summed E-state index contributed by atoms with van der Waals surface area (Å²) < 4.78 is 13.2. The zero-order chi connectivity index (χ0) is 15.2. The molecule has 0 aromatic heterocycles. The molecule has 0 aliphatic carbocycles.